The standard InChI is InChI=1S/C20H16FN5O2/c21-7-8-23-16-4-1-14(10-15(16)11-22)20-26-25-19(28-20)13-2-5-17-12(9-13)3-6-18(27)24-17/h1-2,4-5,9-10,23H,3,6-8H2,(H,24,27). The molecule has 1 amide bonds. The van der Waals surface area contributed by atoms with Crippen molar-refractivity contribution in [3.05, 3.63) is 47.5 Å². The first-order valence-corrected chi connectivity index (χ1v) is 8.79. The van der Waals surface area contributed by atoms with Gasteiger partial charge in [-0.05, 0) is 48.4 Å². The van der Waals surface area contributed by atoms with Crippen molar-refractivity contribution in [2.24, 2.45) is 0 Å². The van der Waals surface area contributed by atoms with E-state index in [0.29, 0.717) is 35.5 Å². The number of anilines is 2. The van der Waals surface area contributed by atoms with E-state index in [1.807, 2.05) is 18.2 Å². The molecule has 3 aromatic rings. The predicted octanol–water partition coefficient (Wildman–Crippen LogP) is 3.54. The van der Waals surface area contributed by atoms with Gasteiger partial charge in [0.25, 0.3) is 0 Å². The lowest BCUT2D eigenvalue weighted by Crippen LogP contribution is -2.18. The van der Waals surface area contributed by atoms with Gasteiger partial charge in [-0.25, -0.2) is 4.39 Å². The molecule has 7 nitrogen and oxygen atoms in total. The van der Waals surface area contributed by atoms with E-state index in [1.165, 1.54) is 0 Å². The van der Waals surface area contributed by atoms with E-state index in [2.05, 4.69) is 26.9 Å². The number of alkyl halides is 1. The smallest absolute Gasteiger partial charge is 0.248 e. The van der Waals surface area contributed by atoms with Crippen LogP contribution in [0, 0.1) is 11.3 Å². The maximum Gasteiger partial charge on any atom is 0.248 e. The number of hydrogen-bond acceptors (Lipinski definition) is 6. The van der Waals surface area contributed by atoms with E-state index in [-0.39, 0.29) is 18.3 Å². The number of fused-ring (bicyclic) bond motifs is 1. The Labute approximate surface area is 160 Å². The van der Waals surface area contributed by atoms with Gasteiger partial charge in [0, 0.05) is 29.8 Å². The Morgan fingerprint density at radius 1 is 1.14 bits per heavy atom. The first-order valence-electron chi connectivity index (χ1n) is 8.79. The second kappa shape index (κ2) is 7.48. The molecule has 2 aromatic carbocycles. The molecule has 0 aliphatic carbocycles. The van der Waals surface area contributed by atoms with E-state index < -0.39 is 6.67 Å². The summed E-state index contributed by atoms with van der Waals surface area (Å²) in [4.78, 5) is 11.5. The Morgan fingerprint density at radius 3 is 2.64 bits per heavy atom. The summed E-state index contributed by atoms with van der Waals surface area (Å²) in [5, 5.41) is 23.2. The average molecular weight is 377 g/mol. The first kappa shape index (κ1) is 17.7. The number of aromatic nitrogens is 2. The van der Waals surface area contributed by atoms with Gasteiger partial charge in [0.05, 0.1) is 11.3 Å². The van der Waals surface area contributed by atoms with Crippen molar-refractivity contribution in [1.29, 1.82) is 5.26 Å². The van der Waals surface area contributed by atoms with E-state index in [4.69, 9.17) is 4.42 Å². The average Bonchev–Trinajstić information content (AvgIpc) is 3.22. The molecule has 0 spiro atoms. The van der Waals surface area contributed by atoms with Crippen molar-refractivity contribution < 1.29 is 13.6 Å². The molecular weight excluding hydrogens is 361 g/mol. The van der Waals surface area contributed by atoms with Crippen LogP contribution in [0.25, 0.3) is 22.9 Å². The minimum Gasteiger partial charge on any atom is -0.416 e. The topological polar surface area (TPSA) is 104 Å². The highest BCUT2D eigenvalue weighted by Gasteiger charge is 2.18. The van der Waals surface area contributed by atoms with Crippen LogP contribution in [0.1, 0.15) is 17.5 Å². The highest BCUT2D eigenvalue weighted by Crippen LogP contribution is 2.30. The van der Waals surface area contributed by atoms with Crippen molar-refractivity contribution in [2.75, 3.05) is 23.9 Å². The van der Waals surface area contributed by atoms with Crippen LogP contribution in [0.2, 0.25) is 0 Å². The number of benzene rings is 2. The fourth-order valence-corrected chi connectivity index (χ4v) is 3.08. The van der Waals surface area contributed by atoms with Crippen LogP contribution in [0.5, 0.6) is 0 Å². The van der Waals surface area contributed by atoms with E-state index >= 15 is 0 Å². The SMILES string of the molecule is N#Cc1cc(-c2nnc(-c3ccc4c(c3)CCC(=O)N4)o2)ccc1NCCF. The number of nitriles is 1. The van der Waals surface area contributed by atoms with Crippen molar-refractivity contribution in [2.45, 2.75) is 12.8 Å². The normalized spacial score (nSPS) is 12.8. The number of carbonyl (C=O) groups excluding carboxylic acids is 1. The molecule has 0 bridgehead atoms. The molecule has 0 fully saturated rings. The first-order chi connectivity index (χ1) is 13.7. The number of amides is 1. The Morgan fingerprint density at radius 2 is 1.89 bits per heavy atom. The molecule has 0 saturated heterocycles. The van der Waals surface area contributed by atoms with Gasteiger partial charge in [-0.2, -0.15) is 5.26 Å². The molecule has 0 saturated carbocycles. The van der Waals surface area contributed by atoms with E-state index in [0.717, 1.165) is 16.8 Å². The molecule has 140 valence electrons. The molecule has 0 radical (unpaired) electrons. The zero-order valence-electron chi connectivity index (χ0n) is 14.8. The molecule has 1 aliphatic heterocycles. The maximum absolute atomic E-state index is 12.3. The third kappa shape index (κ3) is 3.42. The van der Waals surface area contributed by atoms with Crippen LogP contribution in [0.4, 0.5) is 15.8 Å². The minimum atomic E-state index is -0.524. The van der Waals surface area contributed by atoms with Crippen molar-refractivity contribution in [1.82, 2.24) is 10.2 Å². The van der Waals surface area contributed by atoms with Crippen LogP contribution in [0.15, 0.2) is 40.8 Å². The summed E-state index contributed by atoms with van der Waals surface area (Å²) in [6, 6.07) is 12.7. The monoisotopic (exact) mass is 377 g/mol. The molecule has 0 unspecified atom stereocenters. The van der Waals surface area contributed by atoms with Crippen molar-refractivity contribution in [3.63, 3.8) is 0 Å². The van der Waals surface area contributed by atoms with Crippen molar-refractivity contribution >= 4 is 17.3 Å². The van der Waals surface area contributed by atoms with Crippen LogP contribution < -0.4 is 10.6 Å². The molecular formula is C20H16FN5O2. The fraction of sp³-hybridized carbons (Fsp3) is 0.200. The Bertz CT molecular complexity index is 1090. The Kier molecular flexibility index (Phi) is 4.72. The number of nitrogens with zero attached hydrogens (tertiary/aromatic N) is 3. The van der Waals surface area contributed by atoms with E-state index in [9.17, 15) is 14.4 Å². The molecule has 1 aliphatic rings. The minimum absolute atomic E-state index is 0.0121. The van der Waals surface area contributed by atoms with Gasteiger partial charge in [-0.3, -0.25) is 4.79 Å². The second-order valence-corrected chi connectivity index (χ2v) is 6.32. The van der Waals surface area contributed by atoms with Crippen molar-refractivity contribution in [3.8, 4) is 29.0 Å². The molecule has 1 aromatic heterocycles. The molecule has 28 heavy (non-hydrogen) atoms. The number of aryl methyl sites for hydroxylation is 1. The maximum atomic E-state index is 12.3. The molecule has 2 N–H and O–H groups in total. The number of rotatable bonds is 5. The number of carbonyl (C=O) groups is 1. The summed E-state index contributed by atoms with van der Waals surface area (Å²) in [6.07, 6.45) is 1.11. The quantitative estimate of drug-likeness (QED) is 0.705. The van der Waals surface area contributed by atoms with Gasteiger partial charge in [0.2, 0.25) is 17.7 Å². The lowest BCUT2D eigenvalue weighted by molar-refractivity contribution is -0.116. The predicted molar refractivity (Wildman–Crippen MR) is 101 cm³/mol. The number of hydrogen-bond donors (Lipinski definition) is 2. The van der Waals surface area contributed by atoms with Gasteiger partial charge in [-0.15, -0.1) is 10.2 Å². The van der Waals surface area contributed by atoms with Gasteiger partial charge >= 0.3 is 0 Å². The zero-order chi connectivity index (χ0) is 19.5. The molecule has 0 atom stereocenters. The number of halogens is 1. The van der Waals surface area contributed by atoms with Gasteiger partial charge in [0.15, 0.2) is 0 Å². The summed E-state index contributed by atoms with van der Waals surface area (Å²) >= 11 is 0. The highest BCUT2D eigenvalue weighted by atomic mass is 19.1. The highest BCUT2D eigenvalue weighted by molar-refractivity contribution is 5.94. The summed E-state index contributed by atoms with van der Waals surface area (Å²) in [5.74, 6) is 0.653. The van der Waals surface area contributed by atoms with Gasteiger partial charge < -0.3 is 15.1 Å². The summed E-state index contributed by atoms with van der Waals surface area (Å²) in [6.45, 7) is -0.387. The Hall–Kier alpha value is -3.73. The van der Waals surface area contributed by atoms with Crippen LogP contribution in [-0.4, -0.2) is 29.3 Å². The summed E-state index contributed by atoms with van der Waals surface area (Å²) < 4.78 is 18.1. The molecule has 4 rings (SSSR count). The number of nitrogens with one attached hydrogen (secondary N) is 2. The fourth-order valence-electron chi connectivity index (χ4n) is 3.08. The second-order valence-electron chi connectivity index (χ2n) is 6.32. The molecule has 2 heterocycles. The Balaban J connectivity index is 1.61. The molecule has 8 heteroatoms. The van der Waals surface area contributed by atoms with Gasteiger partial charge in [-0.1, -0.05) is 0 Å². The largest absolute Gasteiger partial charge is 0.416 e. The summed E-state index contributed by atoms with van der Waals surface area (Å²) in [7, 11) is 0. The zero-order valence-corrected chi connectivity index (χ0v) is 14.8. The van der Waals surface area contributed by atoms with Crippen LogP contribution >= 0.6 is 0 Å². The van der Waals surface area contributed by atoms with E-state index in [1.54, 1.807) is 18.2 Å². The third-order valence-corrected chi connectivity index (χ3v) is 4.47. The lowest BCUT2D eigenvalue weighted by atomic mass is 10.0. The van der Waals surface area contributed by atoms with Gasteiger partial charge in [0.1, 0.15) is 12.7 Å². The summed E-state index contributed by atoms with van der Waals surface area (Å²) in [5.41, 5.74) is 4.11. The van der Waals surface area contributed by atoms with Crippen LogP contribution in [0.3, 0.4) is 0 Å². The third-order valence-electron chi connectivity index (χ3n) is 4.47. The van der Waals surface area contributed by atoms with Crippen LogP contribution in [-0.2, 0) is 11.2 Å². The lowest BCUT2D eigenvalue weighted by Gasteiger charge is -2.16.